The molecule has 0 unspecified atom stereocenters. The summed E-state index contributed by atoms with van der Waals surface area (Å²) in [4.78, 5) is 21.0. The van der Waals surface area contributed by atoms with Gasteiger partial charge in [0.1, 0.15) is 11.9 Å². The van der Waals surface area contributed by atoms with Crippen LogP contribution in [0.1, 0.15) is 27.0 Å². The van der Waals surface area contributed by atoms with Gasteiger partial charge in [-0.25, -0.2) is 4.98 Å². The van der Waals surface area contributed by atoms with Gasteiger partial charge in [0.2, 0.25) is 0 Å². The SMILES string of the molecule is Cc1ccc(C(=O)N2CCN(c3ccc(C#N)cn3)CC2)cc1C. The van der Waals surface area contributed by atoms with E-state index in [2.05, 4.69) is 16.0 Å². The smallest absolute Gasteiger partial charge is 0.253 e. The summed E-state index contributed by atoms with van der Waals surface area (Å²) in [6.07, 6.45) is 1.59. The van der Waals surface area contributed by atoms with Crippen molar-refractivity contribution >= 4 is 11.7 Å². The van der Waals surface area contributed by atoms with Crippen molar-refractivity contribution in [2.75, 3.05) is 31.1 Å². The number of hydrogen-bond donors (Lipinski definition) is 0. The second kappa shape index (κ2) is 6.71. The Morgan fingerprint density at radius 1 is 1.08 bits per heavy atom. The molecular formula is C19H20N4O. The zero-order valence-corrected chi connectivity index (χ0v) is 14.0. The number of anilines is 1. The van der Waals surface area contributed by atoms with Gasteiger partial charge in [-0.1, -0.05) is 6.07 Å². The lowest BCUT2D eigenvalue weighted by atomic mass is 10.1. The van der Waals surface area contributed by atoms with Crippen molar-refractivity contribution in [3.63, 3.8) is 0 Å². The molecule has 24 heavy (non-hydrogen) atoms. The summed E-state index contributed by atoms with van der Waals surface area (Å²) in [5.74, 6) is 0.942. The number of aromatic nitrogens is 1. The van der Waals surface area contributed by atoms with Crippen molar-refractivity contribution in [3.05, 3.63) is 58.8 Å². The summed E-state index contributed by atoms with van der Waals surface area (Å²) in [7, 11) is 0. The average molecular weight is 320 g/mol. The van der Waals surface area contributed by atoms with Crippen LogP contribution in [-0.2, 0) is 0 Å². The Hall–Kier alpha value is -2.87. The highest BCUT2D eigenvalue weighted by Gasteiger charge is 2.23. The van der Waals surface area contributed by atoms with Crippen LogP contribution >= 0.6 is 0 Å². The van der Waals surface area contributed by atoms with E-state index in [1.54, 1.807) is 12.3 Å². The topological polar surface area (TPSA) is 60.2 Å². The third kappa shape index (κ3) is 3.23. The number of hydrogen-bond acceptors (Lipinski definition) is 4. The van der Waals surface area contributed by atoms with Crippen LogP contribution in [0.4, 0.5) is 5.82 Å². The van der Waals surface area contributed by atoms with E-state index >= 15 is 0 Å². The average Bonchev–Trinajstić information content (AvgIpc) is 2.63. The Morgan fingerprint density at radius 2 is 1.83 bits per heavy atom. The molecule has 0 bridgehead atoms. The molecule has 0 N–H and O–H groups in total. The normalized spacial score (nSPS) is 14.4. The van der Waals surface area contributed by atoms with Crippen molar-refractivity contribution in [3.8, 4) is 6.07 Å². The van der Waals surface area contributed by atoms with Gasteiger partial charge in [0.25, 0.3) is 5.91 Å². The third-order valence-electron chi connectivity index (χ3n) is 4.52. The Labute approximate surface area is 142 Å². The number of amides is 1. The molecule has 5 heteroatoms. The van der Waals surface area contributed by atoms with Crippen LogP contribution in [0, 0.1) is 25.2 Å². The predicted molar refractivity (Wildman–Crippen MR) is 93.0 cm³/mol. The van der Waals surface area contributed by atoms with Gasteiger partial charge >= 0.3 is 0 Å². The maximum atomic E-state index is 12.6. The van der Waals surface area contributed by atoms with Crippen LogP contribution in [-0.4, -0.2) is 42.0 Å². The van der Waals surface area contributed by atoms with Gasteiger partial charge in [0.15, 0.2) is 0 Å². The van der Waals surface area contributed by atoms with Crippen LogP contribution in [0.5, 0.6) is 0 Å². The van der Waals surface area contributed by atoms with Crippen molar-refractivity contribution in [2.45, 2.75) is 13.8 Å². The molecule has 1 aromatic heterocycles. The first-order chi connectivity index (χ1) is 11.6. The predicted octanol–water partition coefficient (Wildman–Crippen LogP) is 2.53. The number of nitrogens with zero attached hydrogens (tertiary/aromatic N) is 4. The first-order valence-electron chi connectivity index (χ1n) is 8.06. The highest BCUT2D eigenvalue weighted by atomic mass is 16.2. The third-order valence-corrected chi connectivity index (χ3v) is 4.52. The molecule has 1 aromatic carbocycles. The van der Waals surface area contributed by atoms with Gasteiger partial charge < -0.3 is 9.80 Å². The number of rotatable bonds is 2. The molecule has 0 spiro atoms. The lowest BCUT2D eigenvalue weighted by molar-refractivity contribution is 0.0746. The number of aryl methyl sites for hydroxylation is 2. The van der Waals surface area contributed by atoms with Crippen LogP contribution in [0.3, 0.4) is 0 Å². The number of pyridine rings is 1. The summed E-state index contributed by atoms with van der Waals surface area (Å²) >= 11 is 0. The quantitative estimate of drug-likeness (QED) is 0.853. The zero-order chi connectivity index (χ0) is 17.1. The molecule has 3 rings (SSSR count). The number of nitriles is 1. The fourth-order valence-corrected chi connectivity index (χ4v) is 2.83. The minimum Gasteiger partial charge on any atom is -0.353 e. The molecule has 1 fully saturated rings. The highest BCUT2D eigenvalue weighted by molar-refractivity contribution is 5.94. The Kier molecular flexibility index (Phi) is 4.48. The van der Waals surface area contributed by atoms with Crippen LogP contribution in [0.25, 0.3) is 0 Å². The molecule has 1 aliphatic rings. The molecule has 5 nitrogen and oxygen atoms in total. The van der Waals surface area contributed by atoms with Gasteiger partial charge in [-0.15, -0.1) is 0 Å². The van der Waals surface area contributed by atoms with Crippen molar-refractivity contribution < 1.29 is 4.79 Å². The van der Waals surface area contributed by atoms with Crippen LogP contribution in [0.2, 0.25) is 0 Å². The lowest BCUT2D eigenvalue weighted by Crippen LogP contribution is -2.49. The van der Waals surface area contributed by atoms with E-state index in [0.29, 0.717) is 18.7 Å². The highest BCUT2D eigenvalue weighted by Crippen LogP contribution is 2.17. The van der Waals surface area contributed by atoms with Gasteiger partial charge in [-0.3, -0.25) is 4.79 Å². The summed E-state index contributed by atoms with van der Waals surface area (Å²) in [6, 6.07) is 11.6. The number of benzene rings is 1. The number of carbonyl (C=O) groups excluding carboxylic acids is 1. The summed E-state index contributed by atoms with van der Waals surface area (Å²) in [5.41, 5.74) is 3.65. The molecule has 1 amide bonds. The molecule has 2 aromatic rings. The van der Waals surface area contributed by atoms with E-state index in [0.717, 1.165) is 30.0 Å². The van der Waals surface area contributed by atoms with Gasteiger partial charge in [0, 0.05) is 37.9 Å². The van der Waals surface area contributed by atoms with Gasteiger partial charge in [-0.05, 0) is 49.2 Å². The maximum Gasteiger partial charge on any atom is 0.253 e. The van der Waals surface area contributed by atoms with Gasteiger partial charge in [-0.2, -0.15) is 5.26 Å². The van der Waals surface area contributed by atoms with Crippen LogP contribution < -0.4 is 4.90 Å². The molecule has 122 valence electrons. The second-order valence-corrected chi connectivity index (χ2v) is 6.10. The fraction of sp³-hybridized carbons (Fsp3) is 0.316. The van der Waals surface area contributed by atoms with Crippen LogP contribution in [0.15, 0.2) is 36.5 Å². The number of carbonyl (C=O) groups is 1. The summed E-state index contributed by atoms with van der Waals surface area (Å²) in [6.45, 7) is 6.92. The van der Waals surface area contributed by atoms with Crippen molar-refractivity contribution in [1.29, 1.82) is 5.26 Å². The molecule has 2 heterocycles. The molecule has 0 radical (unpaired) electrons. The Bertz CT molecular complexity index is 784. The van der Waals surface area contributed by atoms with E-state index < -0.39 is 0 Å². The van der Waals surface area contributed by atoms with E-state index in [9.17, 15) is 4.79 Å². The summed E-state index contributed by atoms with van der Waals surface area (Å²) in [5, 5.41) is 8.83. The number of piperazine rings is 1. The zero-order valence-electron chi connectivity index (χ0n) is 14.0. The monoisotopic (exact) mass is 320 g/mol. The Morgan fingerprint density at radius 3 is 2.42 bits per heavy atom. The second-order valence-electron chi connectivity index (χ2n) is 6.10. The minimum atomic E-state index is 0.0885. The molecule has 1 saturated heterocycles. The maximum absolute atomic E-state index is 12.6. The molecule has 1 aliphatic heterocycles. The minimum absolute atomic E-state index is 0.0885. The van der Waals surface area contributed by atoms with E-state index in [4.69, 9.17) is 5.26 Å². The molecular weight excluding hydrogens is 300 g/mol. The molecule has 0 atom stereocenters. The van der Waals surface area contributed by atoms with E-state index in [1.165, 1.54) is 5.56 Å². The van der Waals surface area contributed by atoms with Gasteiger partial charge in [0.05, 0.1) is 5.56 Å². The first-order valence-corrected chi connectivity index (χ1v) is 8.06. The van der Waals surface area contributed by atoms with E-state index in [1.807, 2.05) is 43.0 Å². The van der Waals surface area contributed by atoms with Crippen molar-refractivity contribution in [1.82, 2.24) is 9.88 Å². The molecule has 0 aliphatic carbocycles. The van der Waals surface area contributed by atoms with Crippen molar-refractivity contribution in [2.24, 2.45) is 0 Å². The lowest BCUT2D eigenvalue weighted by Gasteiger charge is -2.35. The van der Waals surface area contributed by atoms with E-state index in [-0.39, 0.29) is 5.91 Å². The first kappa shape index (κ1) is 16.0. The fourth-order valence-electron chi connectivity index (χ4n) is 2.83. The Balaban J connectivity index is 1.64. The summed E-state index contributed by atoms with van der Waals surface area (Å²) < 4.78 is 0. The molecule has 0 saturated carbocycles. The standard InChI is InChI=1S/C19H20N4O/c1-14-3-5-17(11-15(14)2)19(24)23-9-7-22(8-10-23)18-6-4-16(12-20)13-21-18/h3-6,11,13H,7-10H2,1-2H3. The largest absolute Gasteiger partial charge is 0.353 e.